The monoisotopic (exact) mass is 323 g/mol. The summed E-state index contributed by atoms with van der Waals surface area (Å²) >= 11 is 0. The fourth-order valence-electron chi connectivity index (χ4n) is 2.54. The third kappa shape index (κ3) is 4.10. The number of aryl methyl sites for hydroxylation is 1. The van der Waals surface area contributed by atoms with Crippen molar-refractivity contribution in [1.82, 2.24) is 20.2 Å². The third-order valence-corrected chi connectivity index (χ3v) is 3.96. The van der Waals surface area contributed by atoms with Crippen molar-refractivity contribution in [2.24, 2.45) is 0 Å². The summed E-state index contributed by atoms with van der Waals surface area (Å²) < 4.78 is 0. The van der Waals surface area contributed by atoms with E-state index in [9.17, 15) is 4.79 Å². The molecule has 1 aliphatic rings. The standard InChI is InChI=1S/C18H21N5O/c1-15-3-5-16(6-4-15)7-10-21-18(24)23-13-11-22(12-14-23)17-19-8-2-9-20-17/h2-10H,11-14H2,1H3,(H,21,24)/b10-7+. The molecule has 0 bridgehead atoms. The molecule has 6 heteroatoms. The Kier molecular flexibility index (Phi) is 5.05. The van der Waals surface area contributed by atoms with E-state index in [1.54, 1.807) is 29.6 Å². The minimum Gasteiger partial charge on any atom is -0.337 e. The van der Waals surface area contributed by atoms with Crippen LogP contribution in [0, 0.1) is 6.92 Å². The van der Waals surface area contributed by atoms with Crippen LogP contribution in [0.15, 0.2) is 48.9 Å². The molecule has 1 aliphatic heterocycles. The second-order valence-corrected chi connectivity index (χ2v) is 5.72. The molecular weight excluding hydrogens is 302 g/mol. The van der Waals surface area contributed by atoms with Crippen LogP contribution in [0.4, 0.5) is 10.7 Å². The highest BCUT2D eigenvalue weighted by Crippen LogP contribution is 2.10. The van der Waals surface area contributed by atoms with Gasteiger partial charge in [0.15, 0.2) is 0 Å². The highest BCUT2D eigenvalue weighted by Gasteiger charge is 2.21. The van der Waals surface area contributed by atoms with Gasteiger partial charge in [-0.3, -0.25) is 0 Å². The molecule has 1 saturated heterocycles. The van der Waals surface area contributed by atoms with E-state index in [2.05, 4.69) is 27.1 Å². The number of nitrogens with zero attached hydrogens (tertiary/aromatic N) is 4. The fourth-order valence-corrected chi connectivity index (χ4v) is 2.54. The first-order valence-corrected chi connectivity index (χ1v) is 8.03. The Balaban J connectivity index is 1.47. The van der Waals surface area contributed by atoms with Crippen LogP contribution in [0.2, 0.25) is 0 Å². The van der Waals surface area contributed by atoms with Crippen LogP contribution < -0.4 is 10.2 Å². The smallest absolute Gasteiger partial charge is 0.321 e. The summed E-state index contributed by atoms with van der Waals surface area (Å²) in [6, 6.07) is 9.87. The lowest BCUT2D eigenvalue weighted by Crippen LogP contribution is -2.51. The summed E-state index contributed by atoms with van der Waals surface area (Å²) in [7, 11) is 0. The molecule has 0 spiro atoms. The van der Waals surface area contributed by atoms with Gasteiger partial charge in [0.2, 0.25) is 5.95 Å². The molecule has 6 nitrogen and oxygen atoms in total. The molecule has 0 atom stereocenters. The first-order chi connectivity index (χ1) is 11.7. The summed E-state index contributed by atoms with van der Waals surface area (Å²) in [6.45, 7) is 4.83. The normalized spacial score (nSPS) is 14.9. The van der Waals surface area contributed by atoms with E-state index in [1.165, 1.54) is 5.56 Å². The van der Waals surface area contributed by atoms with E-state index in [4.69, 9.17) is 0 Å². The molecule has 124 valence electrons. The van der Waals surface area contributed by atoms with Gasteiger partial charge in [-0.2, -0.15) is 0 Å². The van der Waals surface area contributed by atoms with Crippen molar-refractivity contribution in [3.8, 4) is 0 Å². The average Bonchev–Trinajstić information content (AvgIpc) is 2.64. The maximum atomic E-state index is 12.2. The fraction of sp³-hybridized carbons (Fsp3) is 0.278. The Bertz CT molecular complexity index is 691. The molecule has 0 aliphatic carbocycles. The Hall–Kier alpha value is -2.89. The van der Waals surface area contributed by atoms with Crippen LogP contribution >= 0.6 is 0 Å². The Morgan fingerprint density at radius 1 is 1.08 bits per heavy atom. The maximum absolute atomic E-state index is 12.2. The lowest BCUT2D eigenvalue weighted by Gasteiger charge is -2.34. The number of carbonyl (C=O) groups is 1. The predicted molar refractivity (Wildman–Crippen MR) is 94.6 cm³/mol. The molecular formula is C18H21N5O. The topological polar surface area (TPSA) is 61.4 Å². The first kappa shape index (κ1) is 16.0. The zero-order valence-electron chi connectivity index (χ0n) is 13.7. The van der Waals surface area contributed by atoms with E-state index < -0.39 is 0 Å². The Morgan fingerprint density at radius 2 is 1.75 bits per heavy atom. The lowest BCUT2D eigenvalue weighted by atomic mass is 10.1. The van der Waals surface area contributed by atoms with Gasteiger partial charge >= 0.3 is 6.03 Å². The Morgan fingerprint density at radius 3 is 2.42 bits per heavy atom. The molecule has 3 rings (SSSR count). The van der Waals surface area contributed by atoms with Crippen LogP contribution in [0.5, 0.6) is 0 Å². The van der Waals surface area contributed by atoms with Crippen molar-refractivity contribution >= 4 is 18.1 Å². The van der Waals surface area contributed by atoms with Gasteiger partial charge in [-0.1, -0.05) is 29.8 Å². The molecule has 1 aromatic heterocycles. The van der Waals surface area contributed by atoms with E-state index >= 15 is 0 Å². The largest absolute Gasteiger partial charge is 0.337 e. The first-order valence-electron chi connectivity index (χ1n) is 8.03. The number of rotatable bonds is 3. The molecule has 2 heterocycles. The summed E-state index contributed by atoms with van der Waals surface area (Å²) in [5.74, 6) is 0.719. The van der Waals surface area contributed by atoms with E-state index in [-0.39, 0.29) is 6.03 Å². The van der Waals surface area contributed by atoms with Crippen molar-refractivity contribution in [2.45, 2.75) is 6.92 Å². The summed E-state index contributed by atoms with van der Waals surface area (Å²) in [4.78, 5) is 24.6. The van der Waals surface area contributed by atoms with Crippen LogP contribution in [0.25, 0.3) is 6.08 Å². The molecule has 0 radical (unpaired) electrons. The van der Waals surface area contributed by atoms with Crippen molar-refractivity contribution in [3.63, 3.8) is 0 Å². The number of amides is 2. The molecule has 1 fully saturated rings. The molecule has 24 heavy (non-hydrogen) atoms. The summed E-state index contributed by atoms with van der Waals surface area (Å²) in [6.07, 6.45) is 7.06. The Labute approximate surface area is 141 Å². The minimum absolute atomic E-state index is 0.0769. The van der Waals surface area contributed by atoms with E-state index in [1.807, 2.05) is 30.3 Å². The number of aromatic nitrogens is 2. The molecule has 0 unspecified atom stereocenters. The molecule has 1 N–H and O–H groups in total. The molecule has 2 amide bonds. The van der Waals surface area contributed by atoms with Gasteiger partial charge in [-0.05, 0) is 24.6 Å². The predicted octanol–water partition coefficient (Wildman–Crippen LogP) is 2.29. The maximum Gasteiger partial charge on any atom is 0.321 e. The molecule has 2 aromatic rings. The van der Waals surface area contributed by atoms with Gasteiger partial charge in [-0.25, -0.2) is 14.8 Å². The van der Waals surface area contributed by atoms with Gasteiger partial charge in [0.05, 0.1) is 0 Å². The highest BCUT2D eigenvalue weighted by atomic mass is 16.2. The second kappa shape index (κ2) is 7.59. The number of urea groups is 1. The zero-order chi connectivity index (χ0) is 16.8. The van der Waals surface area contributed by atoms with Gasteiger partial charge in [0, 0.05) is 44.8 Å². The number of anilines is 1. The summed E-state index contributed by atoms with van der Waals surface area (Å²) in [5, 5.41) is 2.83. The lowest BCUT2D eigenvalue weighted by molar-refractivity contribution is 0.198. The van der Waals surface area contributed by atoms with Crippen LogP contribution in [-0.2, 0) is 0 Å². The second-order valence-electron chi connectivity index (χ2n) is 5.72. The van der Waals surface area contributed by atoms with E-state index in [0.717, 1.165) is 24.6 Å². The number of piperazine rings is 1. The van der Waals surface area contributed by atoms with Crippen molar-refractivity contribution in [1.29, 1.82) is 0 Å². The number of carbonyl (C=O) groups excluding carboxylic acids is 1. The summed E-state index contributed by atoms with van der Waals surface area (Å²) in [5.41, 5.74) is 2.28. The minimum atomic E-state index is -0.0769. The number of hydrogen-bond acceptors (Lipinski definition) is 4. The molecule has 0 saturated carbocycles. The van der Waals surface area contributed by atoms with Crippen LogP contribution in [-0.4, -0.2) is 47.1 Å². The average molecular weight is 323 g/mol. The van der Waals surface area contributed by atoms with Crippen molar-refractivity contribution in [2.75, 3.05) is 31.1 Å². The zero-order valence-corrected chi connectivity index (χ0v) is 13.7. The SMILES string of the molecule is Cc1ccc(/C=C/NC(=O)N2CCN(c3ncccn3)CC2)cc1. The van der Waals surface area contributed by atoms with Gasteiger partial charge < -0.3 is 15.1 Å². The third-order valence-electron chi connectivity index (χ3n) is 3.96. The van der Waals surface area contributed by atoms with Crippen molar-refractivity contribution < 1.29 is 4.79 Å². The van der Waals surface area contributed by atoms with Crippen LogP contribution in [0.3, 0.4) is 0 Å². The van der Waals surface area contributed by atoms with Gasteiger partial charge in [0.25, 0.3) is 0 Å². The highest BCUT2D eigenvalue weighted by molar-refractivity contribution is 5.76. The number of hydrogen-bond donors (Lipinski definition) is 1. The van der Waals surface area contributed by atoms with Crippen molar-refractivity contribution in [3.05, 3.63) is 60.1 Å². The van der Waals surface area contributed by atoms with Gasteiger partial charge in [0.1, 0.15) is 0 Å². The van der Waals surface area contributed by atoms with E-state index in [0.29, 0.717) is 13.1 Å². The van der Waals surface area contributed by atoms with Crippen LogP contribution in [0.1, 0.15) is 11.1 Å². The quantitative estimate of drug-likeness (QED) is 0.941. The molecule has 1 aromatic carbocycles. The number of nitrogens with one attached hydrogen (secondary N) is 1. The number of benzene rings is 1. The van der Waals surface area contributed by atoms with Gasteiger partial charge in [-0.15, -0.1) is 0 Å².